The normalized spacial score (nSPS) is 12.0. The van der Waals surface area contributed by atoms with Crippen molar-refractivity contribution in [2.75, 3.05) is 0 Å². The molecule has 0 bridgehead atoms. The monoisotopic (exact) mass is 290 g/mol. The second kappa shape index (κ2) is 5.15. The van der Waals surface area contributed by atoms with E-state index >= 15 is 0 Å². The largest absolute Gasteiger partial charge is 0.192 e. The highest BCUT2D eigenvalue weighted by Crippen LogP contribution is 2.43. The highest BCUT2D eigenvalue weighted by molar-refractivity contribution is 5.79. The lowest BCUT2D eigenvalue weighted by Crippen LogP contribution is -2.11. The topological polar surface area (TPSA) is 47.6 Å². The predicted octanol–water partition coefficient (Wildman–Crippen LogP) is 5.13. The predicted molar refractivity (Wildman–Crippen MR) is 89.9 cm³/mol. The number of hydrogen-bond acceptors (Lipinski definition) is 2. The summed E-state index contributed by atoms with van der Waals surface area (Å²) in [5, 5.41) is 18.6. The second-order valence-corrected chi connectivity index (χ2v) is 7.83. The minimum atomic E-state index is -0.0182. The summed E-state index contributed by atoms with van der Waals surface area (Å²) in [6.45, 7) is 13.1. The summed E-state index contributed by atoms with van der Waals surface area (Å²) in [5.74, 6) is 0. The van der Waals surface area contributed by atoms with Crippen LogP contribution in [0.5, 0.6) is 0 Å². The first-order chi connectivity index (χ1) is 10.1. The molecule has 0 aliphatic heterocycles. The summed E-state index contributed by atoms with van der Waals surface area (Å²) in [4.78, 5) is 0. The molecule has 2 heteroatoms. The molecule has 112 valence electrons. The Morgan fingerprint density at radius 2 is 1.18 bits per heavy atom. The Labute approximate surface area is 133 Å². The van der Waals surface area contributed by atoms with Gasteiger partial charge in [-0.1, -0.05) is 53.7 Å². The molecule has 0 saturated heterocycles. The van der Waals surface area contributed by atoms with Crippen molar-refractivity contribution < 1.29 is 0 Å². The minimum Gasteiger partial charge on any atom is -0.192 e. The van der Waals surface area contributed by atoms with Gasteiger partial charge in [0.05, 0.1) is 11.1 Å². The van der Waals surface area contributed by atoms with Crippen molar-refractivity contribution in [1.29, 1.82) is 10.5 Å². The van der Waals surface area contributed by atoms with Gasteiger partial charge in [-0.25, -0.2) is 0 Å². The summed E-state index contributed by atoms with van der Waals surface area (Å²) in [5.41, 5.74) is 5.56. The molecule has 0 saturated carbocycles. The van der Waals surface area contributed by atoms with E-state index in [0.717, 1.165) is 11.1 Å². The molecule has 22 heavy (non-hydrogen) atoms. The zero-order valence-electron chi connectivity index (χ0n) is 14.2. The summed E-state index contributed by atoms with van der Waals surface area (Å²) in [6, 6.07) is 12.2. The van der Waals surface area contributed by atoms with Gasteiger partial charge in [-0.3, -0.25) is 0 Å². The molecule has 0 amide bonds. The number of hydrogen-bond donors (Lipinski definition) is 0. The molecule has 0 N–H and O–H groups in total. The lowest BCUT2D eigenvalue weighted by Gasteiger charge is -2.19. The Morgan fingerprint density at radius 1 is 0.682 bits per heavy atom. The van der Waals surface area contributed by atoms with E-state index in [-0.39, 0.29) is 10.8 Å². The maximum Gasteiger partial charge on any atom is 0.101 e. The summed E-state index contributed by atoms with van der Waals surface area (Å²) in [7, 11) is 0. The molecule has 2 rings (SSSR count). The van der Waals surface area contributed by atoms with Crippen molar-refractivity contribution in [3.63, 3.8) is 0 Å². The number of fused-ring (bicyclic) bond motifs is 1. The first-order valence-electron chi connectivity index (χ1n) is 7.51. The van der Waals surface area contributed by atoms with Gasteiger partial charge in [0, 0.05) is 0 Å². The van der Waals surface area contributed by atoms with Crippen LogP contribution in [0, 0.1) is 22.7 Å². The molecule has 2 nitrogen and oxygen atoms in total. The molecular formula is C20H22N2. The molecule has 0 radical (unpaired) electrons. The average Bonchev–Trinajstić information content (AvgIpc) is 2.67. The van der Waals surface area contributed by atoms with Crippen LogP contribution in [0.15, 0.2) is 24.3 Å². The first-order valence-corrected chi connectivity index (χ1v) is 7.51. The quantitative estimate of drug-likeness (QED) is 0.675. The zero-order chi connectivity index (χ0) is 16.7. The number of nitriles is 2. The molecular weight excluding hydrogens is 268 g/mol. The van der Waals surface area contributed by atoms with Crippen molar-refractivity contribution in [3.8, 4) is 23.3 Å². The Morgan fingerprint density at radius 3 is 1.64 bits per heavy atom. The summed E-state index contributed by atoms with van der Waals surface area (Å²) < 4.78 is 0. The molecule has 0 fully saturated rings. The van der Waals surface area contributed by atoms with Gasteiger partial charge < -0.3 is 0 Å². The van der Waals surface area contributed by atoms with Gasteiger partial charge in [-0.05, 0) is 45.2 Å². The third-order valence-electron chi connectivity index (χ3n) is 4.01. The van der Waals surface area contributed by atoms with E-state index in [4.69, 9.17) is 0 Å². The van der Waals surface area contributed by atoms with E-state index in [1.807, 2.05) is 12.1 Å². The average molecular weight is 290 g/mol. The molecule has 2 aliphatic carbocycles. The zero-order valence-corrected chi connectivity index (χ0v) is 14.2. The SMILES string of the molecule is CC(C)(C)c1cc(C(C)(C)C)c2cc(C#N)c(C#N)ccc1-2. The van der Waals surface area contributed by atoms with Crippen LogP contribution in [0.3, 0.4) is 0 Å². The maximum atomic E-state index is 9.38. The Kier molecular flexibility index (Phi) is 3.76. The van der Waals surface area contributed by atoms with Crippen LogP contribution >= 0.6 is 0 Å². The molecule has 0 aromatic rings. The molecule has 0 aromatic heterocycles. The van der Waals surface area contributed by atoms with Gasteiger partial charge in [-0.15, -0.1) is 0 Å². The van der Waals surface area contributed by atoms with Crippen LogP contribution in [0.1, 0.15) is 63.8 Å². The van der Waals surface area contributed by atoms with Gasteiger partial charge in [0.2, 0.25) is 0 Å². The Bertz CT molecular complexity index is 772. The van der Waals surface area contributed by atoms with E-state index < -0.39 is 0 Å². The fourth-order valence-electron chi connectivity index (χ4n) is 2.83. The molecule has 0 atom stereocenters. The highest BCUT2D eigenvalue weighted by atomic mass is 14.3. The second-order valence-electron chi connectivity index (χ2n) is 7.83. The van der Waals surface area contributed by atoms with Gasteiger partial charge in [0.25, 0.3) is 0 Å². The fraction of sp³-hybridized carbons (Fsp3) is 0.400. The van der Waals surface area contributed by atoms with Crippen molar-refractivity contribution in [1.82, 2.24) is 0 Å². The standard InChI is InChI=1S/C20H22N2/c1-19(2,3)17-10-18(20(4,5)6)16-9-14(12-22)13(11-21)7-8-15(16)17/h7-10H,1-6H3. The first kappa shape index (κ1) is 16.1. The van der Waals surface area contributed by atoms with Crippen LogP contribution in [0.25, 0.3) is 11.1 Å². The summed E-state index contributed by atoms with van der Waals surface area (Å²) in [6.07, 6.45) is 0. The smallest absolute Gasteiger partial charge is 0.101 e. The van der Waals surface area contributed by atoms with E-state index in [1.165, 1.54) is 11.1 Å². The lowest BCUT2D eigenvalue weighted by molar-refractivity contribution is 0.581. The van der Waals surface area contributed by atoms with Crippen molar-refractivity contribution in [2.24, 2.45) is 0 Å². The molecule has 0 spiro atoms. The molecule has 2 aliphatic rings. The van der Waals surface area contributed by atoms with Gasteiger partial charge >= 0.3 is 0 Å². The van der Waals surface area contributed by atoms with E-state index in [9.17, 15) is 10.5 Å². The van der Waals surface area contributed by atoms with E-state index in [2.05, 4.69) is 59.7 Å². The Balaban J connectivity index is 2.95. The maximum absolute atomic E-state index is 9.38. The molecule has 0 unspecified atom stereocenters. The van der Waals surface area contributed by atoms with E-state index in [0.29, 0.717) is 11.1 Å². The van der Waals surface area contributed by atoms with Gasteiger partial charge in [0.15, 0.2) is 0 Å². The minimum absolute atomic E-state index is 0.00964. The molecule has 0 aromatic carbocycles. The summed E-state index contributed by atoms with van der Waals surface area (Å²) >= 11 is 0. The van der Waals surface area contributed by atoms with Crippen LogP contribution in [0.2, 0.25) is 0 Å². The third kappa shape index (κ3) is 2.70. The highest BCUT2D eigenvalue weighted by Gasteiger charge is 2.29. The Hall–Kier alpha value is -2.32. The number of rotatable bonds is 0. The van der Waals surface area contributed by atoms with Crippen molar-refractivity contribution in [2.45, 2.75) is 52.4 Å². The van der Waals surface area contributed by atoms with Crippen molar-refractivity contribution in [3.05, 3.63) is 46.5 Å². The van der Waals surface area contributed by atoms with Crippen LogP contribution in [-0.4, -0.2) is 0 Å². The van der Waals surface area contributed by atoms with Crippen molar-refractivity contribution >= 4 is 0 Å². The van der Waals surface area contributed by atoms with Crippen LogP contribution < -0.4 is 0 Å². The van der Waals surface area contributed by atoms with Gasteiger partial charge in [-0.2, -0.15) is 10.5 Å². The van der Waals surface area contributed by atoms with E-state index in [1.54, 1.807) is 6.07 Å². The van der Waals surface area contributed by atoms with Gasteiger partial charge in [0.1, 0.15) is 12.1 Å². The van der Waals surface area contributed by atoms with Crippen LogP contribution in [0.4, 0.5) is 0 Å². The number of nitrogens with zero attached hydrogens (tertiary/aromatic N) is 2. The lowest BCUT2D eigenvalue weighted by atomic mass is 9.85. The fourth-order valence-corrected chi connectivity index (χ4v) is 2.83. The van der Waals surface area contributed by atoms with Crippen LogP contribution in [-0.2, 0) is 10.8 Å². The third-order valence-corrected chi connectivity index (χ3v) is 4.01. The molecule has 0 heterocycles.